The van der Waals surface area contributed by atoms with Crippen molar-refractivity contribution in [3.8, 4) is 0 Å². The van der Waals surface area contributed by atoms with E-state index in [1.807, 2.05) is 0 Å². The minimum atomic E-state index is -0.715. The molecule has 78 valence electrons. The molecule has 0 aliphatic rings. The van der Waals surface area contributed by atoms with Gasteiger partial charge in [-0.25, -0.2) is 9.78 Å². The molecule has 0 fully saturated rings. The van der Waals surface area contributed by atoms with Crippen LogP contribution in [0.5, 0.6) is 0 Å². The van der Waals surface area contributed by atoms with Gasteiger partial charge < -0.3 is 9.72 Å². The van der Waals surface area contributed by atoms with Crippen LogP contribution < -0.4 is 10.9 Å². The number of aromatic nitrogens is 4. The summed E-state index contributed by atoms with van der Waals surface area (Å²) in [6, 6.07) is 0. The number of nitrogens with zero attached hydrogens (tertiary/aromatic N) is 2. The number of carbonyl (C=O) groups is 1. The van der Waals surface area contributed by atoms with E-state index in [1.54, 1.807) is 0 Å². The van der Waals surface area contributed by atoms with Gasteiger partial charge >= 0.3 is 6.09 Å². The Labute approximate surface area is 82.7 Å². The maximum atomic E-state index is 11.4. The average molecular weight is 209 g/mol. The fourth-order valence-electron chi connectivity index (χ4n) is 1.05. The number of hydrogen-bond acceptors (Lipinski definition) is 5. The molecule has 2 aromatic heterocycles. The molecule has 0 atom stereocenters. The highest BCUT2D eigenvalue weighted by Crippen LogP contribution is 2.02. The second-order valence-electron chi connectivity index (χ2n) is 2.63. The number of methoxy groups -OCH3 is 1. The maximum absolute atomic E-state index is 11.4. The second-order valence-corrected chi connectivity index (χ2v) is 2.63. The van der Waals surface area contributed by atoms with E-state index in [0.717, 1.165) is 0 Å². The zero-order chi connectivity index (χ0) is 10.8. The Morgan fingerprint density at radius 3 is 3.13 bits per heavy atom. The van der Waals surface area contributed by atoms with Crippen LogP contribution in [0.2, 0.25) is 0 Å². The lowest BCUT2D eigenvalue weighted by molar-refractivity contribution is 0.186. The highest BCUT2D eigenvalue weighted by atomic mass is 16.5. The molecule has 0 aromatic carbocycles. The van der Waals surface area contributed by atoms with Crippen molar-refractivity contribution >= 4 is 23.2 Å². The van der Waals surface area contributed by atoms with Gasteiger partial charge in [0.05, 0.1) is 13.4 Å². The molecular weight excluding hydrogens is 202 g/mol. The Balaban J connectivity index is 2.45. The topological polar surface area (TPSA) is 113 Å². The summed E-state index contributed by atoms with van der Waals surface area (Å²) in [7, 11) is 1.21. The van der Waals surface area contributed by atoms with E-state index >= 15 is 0 Å². The van der Waals surface area contributed by atoms with Crippen molar-refractivity contribution in [1.29, 1.82) is 0 Å². The summed E-state index contributed by atoms with van der Waals surface area (Å²) < 4.78 is 4.35. The van der Waals surface area contributed by atoms with Crippen LogP contribution in [0.3, 0.4) is 0 Å². The molecule has 0 saturated heterocycles. The van der Waals surface area contributed by atoms with Crippen LogP contribution in [0.15, 0.2) is 11.1 Å². The highest BCUT2D eigenvalue weighted by Gasteiger charge is 2.07. The van der Waals surface area contributed by atoms with Crippen LogP contribution in [0.1, 0.15) is 0 Å². The minimum Gasteiger partial charge on any atom is -0.453 e. The van der Waals surface area contributed by atoms with Crippen molar-refractivity contribution in [1.82, 2.24) is 19.9 Å². The van der Waals surface area contributed by atoms with Crippen molar-refractivity contribution in [2.45, 2.75) is 0 Å². The van der Waals surface area contributed by atoms with Crippen molar-refractivity contribution in [3.05, 3.63) is 16.7 Å². The Hall–Kier alpha value is -2.38. The molecule has 1 amide bonds. The Morgan fingerprint density at radius 2 is 2.40 bits per heavy atom. The number of aromatic amines is 2. The van der Waals surface area contributed by atoms with Crippen molar-refractivity contribution in [2.75, 3.05) is 12.4 Å². The van der Waals surface area contributed by atoms with Crippen LogP contribution in [-0.2, 0) is 4.74 Å². The molecule has 0 aliphatic heterocycles. The largest absolute Gasteiger partial charge is 0.453 e. The van der Waals surface area contributed by atoms with E-state index in [2.05, 4.69) is 30.0 Å². The summed E-state index contributed by atoms with van der Waals surface area (Å²) in [4.78, 5) is 34.9. The van der Waals surface area contributed by atoms with E-state index < -0.39 is 11.7 Å². The number of rotatable bonds is 1. The number of anilines is 1. The van der Waals surface area contributed by atoms with E-state index in [4.69, 9.17) is 0 Å². The lowest BCUT2D eigenvalue weighted by Crippen LogP contribution is -2.18. The molecule has 0 spiro atoms. The van der Waals surface area contributed by atoms with E-state index in [9.17, 15) is 9.59 Å². The van der Waals surface area contributed by atoms with Gasteiger partial charge in [0.15, 0.2) is 11.2 Å². The maximum Gasteiger partial charge on any atom is 0.413 e. The quantitative estimate of drug-likeness (QED) is 0.603. The molecule has 2 heterocycles. The fraction of sp³-hybridized carbons (Fsp3) is 0.143. The smallest absolute Gasteiger partial charge is 0.413 e. The molecule has 0 bridgehead atoms. The third-order valence-electron chi connectivity index (χ3n) is 1.70. The number of fused-ring (bicyclic) bond motifs is 1. The first-order valence-corrected chi connectivity index (χ1v) is 3.99. The molecule has 0 unspecified atom stereocenters. The van der Waals surface area contributed by atoms with Gasteiger partial charge in [-0.3, -0.25) is 15.1 Å². The SMILES string of the molecule is COC(=O)Nc1nc2nc[nH]c2c(=O)[nH]1. The molecule has 15 heavy (non-hydrogen) atoms. The molecule has 0 saturated carbocycles. The molecule has 8 nitrogen and oxygen atoms in total. The lowest BCUT2D eigenvalue weighted by atomic mass is 10.5. The Morgan fingerprint density at radius 1 is 1.60 bits per heavy atom. The van der Waals surface area contributed by atoms with Crippen LogP contribution in [0.25, 0.3) is 11.2 Å². The summed E-state index contributed by atoms with van der Waals surface area (Å²) in [5.41, 5.74) is 0.0690. The van der Waals surface area contributed by atoms with Gasteiger partial charge in [0.1, 0.15) is 0 Å². The van der Waals surface area contributed by atoms with Gasteiger partial charge in [0.25, 0.3) is 5.56 Å². The predicted molar refractivity (Wildman–Crippen MR) is 50.5 cm³/mol. The van der Waals surface area contributed by atoms with Crippen molar-refractivity contribution < 1.29 is 9.53 Å². The first kappa shape index (κ1) is 9.19. The van der Waals surface area contributed by atoms with Gasteiger partial charge in [-0.2, -0.15) is 4.98 Å². The first-order chi connectivity index (χ1) is 7.20. The van der Waals surface area contributed by atoms with E-state index in [0.29, 0.717) is 0 Å². The van der Waals surface area contributed by atoms with Crippen LogP contribution >= 0.6 is 0 Å². The average Bonchev–Trinajstić information content (AvgIpc) is 2.66. The molecule has 2 aromatic rings. The number of carbonyl (C=O) groups excluding carboxylic acids is 1. The number of ether oxygens (including phenoxy) is 1. The van der Waals surface area contributed by atoms with E-state index in [1.165, 1.54) is 13.4 Å². The highest BCUT2D eigenvalue weighted by molar-refractivity contribution is 5.83. The number of nitrogens with one attached hydrogen (secondary N) is 3. The monoisotopic (exact) mass is 209 g/mol. The zero-order valence-corrected chi connectivity index (χ0v) is 7.70. The minimum absolute atomic E-state index is 0.00792. The molecular formula is C7H7N5O3. The molecule has 0 aliphatic carbocycles. The van der Waals surface area contributed by atoms with Crippen molar-refractivity contribution in [3.63, 3.8) is 0 Å². The van der Waals surface area contributed by atoms with Gasteiger partial charge in [0, 0.05) is 0 Å². The lowest BCUT2D eigenvalue weighted by Gasteiger charge is -2.00. The van der Waals surface area contributed by atoms with E-state index in [-0.39, 0.29) is 17.1 Å². The molecule has 0 radical (unpaired) electrons. The van der Waals surface area contributed by atoms with Crippen LogP contribution in [0.4, 0.5) is 10.7 Å². The summed E-state index contributed by atoms with van der Waals surface area (Å²) in [6.45, 7) is 0. The zero-order valence-electron chi connectivity index (χ0n) is 7.70. The number of amides is 1. The third kappa shape index (κ3) is 1.64. The number of H-pyrrole nitrogens is 2. The summed E-state index contributed by atoms with van der Waals surface area (Å²) in [6.07, 6.45) is 0.627. The first-order valence-electron chi connectivity index (χ1n) is 3.99. The summed E-state index contributed by atoms with van der Waals surface area (Å²) in [5.74, 6) is -0.00792. The number of imidazole rings is 1. The van der Waals surface area contributed by atoms with Gasteiger partial charge in [-0.15, -0.1) is 0 Å². The Bertz CT molecular complexity index is 557. The predicted octanol–water partition coefficient (Wildman–Crippen LogP) is -0.176. The van der Waals surface area contributed by atoms with Gasteiger partial charge in [-0.1, -0.05) is 0 Å². The Kier molecular flexibility index (Phi) is 2.08. The third-order valence-corrected chi connectivity index (χ3v) is 1.70. The fourth-order valence-corrected chi connectivity index (χ4v) is 1.05. The molecule has 3 N–H and O–H groups in total. The molecule has 2 rings (SSSR count). The molecule has 8 heteroatoms. The summed E-state index contributed by atoms with van der Waals surface area (Å²) >= 11 is 0. The number of hydrogen-bond donors (Lipinski definition) is 3. The van der Waals surface area contributed by atoms with Gasteiger partial charge in [-0.05, 0) is 0 Å². The summed E-state index contributed by atoms with van der Waals surface area (Å²) in [5, 5.41) is 2.23. The normalized spacial score (nSPS) is 10.2. The van der Waals surface area contributed by atoms with Crippen LogP contribution in [-0.4, -0.2) is 33.1 Å². The standard InChI is InChI=1S/C7H7N5O3/c1-15-7(14)12-6-10-4-3(5(13)11-6)8-2-9-4/h2H,1H3,(H3,8,9,10,11,12,13,14). The van der Waals surface area contributed by atoms with Crippen LogP contribution in [0, 0.1) is 0 Å². The van der Waals surface area contributed by atoms with Gasteiger partial charge in [0.2, 0.25) is 5.95 Å². The van der Waals surface area contributed by atoms with Crippen molar-refractivity contribution in [2.24, 2.45) is 0 Å². The second kappa shape index (κ2) is 3.40.